The first kappa shape index (κ1) is 24.5. The fraction of sp³-hybridized carbons (Fsp3) is 0.947. The molecule has 2 radical (unpaired) electrons. The van der Waals surface area contributed by atoms with E-state index in [4.69, 9.17) is 5.11 Å². The van der Waals surface area contributed by atoms with Crippen LogP contribution < -0.4 is 0 Å². The van der Waals surface area contributed by atoms with Crippen LogP contribution in [0.4, 0.5) is 0 Å². The summed E-state index contributed by atoms with van der Waals surface area (Å²) in [6.07, 6.45) is 21.7. The highest BCUT2D eigenvalue weighted by Gasteiger charge is 1.97. The fourth-order valence-corrected chi connectivity index (χ4v) is 2.82. The minimum Gasteiger partial charge on any atom is -0.481 e. The Morgan fingerprint density at radius 1 is 0.591 bits per heavy atom. The van der Waals surface area contributed by atoms with Crippen molar-refractivity contribution in [1.29, 1.82) is 0 Å². The molecule has 0 aromatic rings. The Morgan fingerprint density at radius 2 is 0.864 bits per heavy atom. The van der Waals surface area contributed by atoms with Crippen LogP contribution in [0.5, 0.6) is 0 Å². The molecule has 0 spiro atoms. The van der Waals surface area contributed by atoms with Crippen LogP contribution in [0.15, 0.2) is 0 Å². The molecular weight excluding hydrogens is 285 g/mol. The normalized spacial score (nSPS) is 10.4. The van der Waals surface area contributed by atoms with Gasteiger partial charge in [-0.15, -0.1) is 0 Å². The van der Waals surface area contributed by atoms with Gasteiger partial charge in [0.15, 0.2) is 0 Å². The SMILES string of the molecule is CCCCCCCCCCCCCCCCCCC(=O)O.[Mg]. The summed E-state index contributed by atoms with van der Waals surface area (Å²) in [6.45, 7) is 2.27. The molecule has 2 nitrogen and oxygen atoms in total. The summed E-state index contributed by atoms with van der Waals surface area (Å²) in [6, 6.07) is 0. The third-order valence-corrected chi connectivity index (χ3v) is 4.24. The Bertz CT molecular complexity index is 219. The molecule has 0 rings (SSSR count). The van der Waals surface area contributed by atoms with E-state index in [-0.39, 0.29) is 23.1 Å². The van der Waals surface area contributed by atoms with Crippen LogP contribution in [-0.4, -0.2) is 34.1 Å². The Kier molecular flexibility index (Phi) is 23.6. The van der Waals surface area contributed by atoms with E-state index < -0.39 is 5.97 Å². The zero-order valence-corrected chi connectivity index (χ0v) is 16.5. The molecule has 0 aliphatic carbocycles. The molecule has 0 aromatic carbocycles. The Hall–Kier alpha value is 0.236. The molecule has 0 aromatic heterocycles. The van der Waals surface area contributed by atoms with Gasteiger partial charge in [0.1, 0.15) is 0 Å². The molecule has 0 saturated carbocycles. The number of carbonyl (C=O) groups is 1. The van der Waals surface area contributed by atoms with E-state index in [1.54, 1.807) is 0 Å². The lowest BCUT2D eigenvalue weighted by Crippen LogP contribution is -1.93. The predicted octanol–water partition coefficient (Wildman–Crippen LogP) is 6.34. The van der Waals surface area contributed by atoms with Crippen LogP contribution in [0.3, 0.4) is 0 Å². The second-order valence-electron chi connectivity index (χ2n) is 6.45. The van der Waals surface area contributed by atoms with E-state index in [0.29, 0.717) is 6.42 Å². The summed E-state index contributed by atoms with van der Waals surface area (Å²) >= 11 is 0. The molecule has 1 N–H and O–H groups in total. The van der Waals surface area contributed by atoms with E-state index in [1.807, 2.05) is 0 Å². The summed E-state index contributed by atoms with van der Waals surface area (Å²) < 4.78 is 0. The first-order valence-electron chi connectivity index (χ1n) is 9.49. The van der Waals surface area contributed by atoms with Gasteiger partial charge in [-0.3, -0.25) is 4.79 Å². The van der Waals surface area contributed by atoms with Gasteiger partial charge >= 0.3 is 5.97 Å². The van der Waals surface area contributed by atoms with E-state index in [1.165, 1.54) is 89.9 Å². The second-order valence-corrected chi connectivity index (χ2v) is 6.45. The maximum absolute atomic E-state index is 10.3. The molecule has 0 aliphatic heterocycles. The van der Waals surface area contributed by atoms with Crippen molar-refractivity contribution in [3.05, 3.63) is 0 Å². The van der Waals surface area contributed by atoms with Crippen molar-refractivity contribution in [2.75, 3.05) is 0 Å². The zero-order valence-electron chi connectivity index (χ0n) is 15.1. The van der Waals surface area contributed by atoms with Crippen molar-refractivity contribution in [3.63, 3.8) is 0 Å². The van der Waals surface area contributed by atoms with Crippen molar-refractivity contribution in [3.8, 4) is 0 Å². The van der Waals surface area contributed by atoms with Gasteiger partial charge in [0.2, 0.25) is 0 Å². The minimum atomic E-state index is -0.652. The van der Waals surface area contributed by atoms with Gasteiger partial charge in [0.25, 0.3) is 0 Å². The van der Waals surface area contributed by atoms with Crippen LogP contribution in [0.2, 0.25) is 0 Å². The first-order valence-corrected chi connectivity index (χ1v) is 9.49. The third-order valence-electron chi connectivity index (χ3n) is 4.24. The molecule has 0 aliphatic rings. The second kappa shape index (κ2) is 21.2. The highest BCUT2D eigenvalue weighted by atomic mass is 24.3. The molecule has 22 heavy (non-hydrogen) atoms. The summed E-state index contributed by atoms with van der Waals surface area (Å²) in [4.78, 5) is 10.3. The molecule has 0 atom stereocenters. The number of hydrogen-bond donors (Lipinski definition) is 1. The molecule has 128 valence electrons. The molecule has 0 bridgehead atoms. The quantitative estimate of drug-likeness (QED) is 0.250. The van der Waals surface area contributed by atoms with Crippen LogP contribution in [0.25, 0.3) is 0 Å². The fourth-order valence-electron chi connectivity index (χ4n) is 2.82. The van der Waals surface area contributed by atoms with Crippen molar-refractivity contribution in [1.82, 2.24) is 0 Å². The maximum atomic E-state index is 10.3. The van der Waals surface area contributed by atoms with Gasteiger partial charge in [0, 0.05) is 29.5 Å². The third kappa shape index (κ3) is 22.5. The number of unbranched alkanes of at least 4 members (excludes halogenated alkanes) is 15. The monoisotopic (exact) mass is 322 g/mol. The number of carboxylic acids is 1. The number of aliphatic carboxylic acids is 1. The topological polar surface area (TPSA) is 37.3 Å². The van der Waals surface area contributed by atoms with Gasteiger partial charge in [0.05, 0.1) is 0 Å². The van der Waals surface area contributed by atoms with Gasteiger partial charge in [-0.2, -0.15) is 0 Å². The van der Waals surface area contributed by atoms with E-state index in [2.05, 4.69) is 6.92 Å². The lowest BCUT2D eigenvalue weighted by molar-refractivity contribution is -0.137. The molecule has 0 saturated heterocycles. The summed E-state index contributed by atoms with van der Waals surface area (Å²) in [7, 11) is 0. The first-order chi connectivity index (χ1) is 10.3. The molecule has 0 amide bonds. The Labute approximate surface area is 155 Å². The zero-order chi connectivity index (χ0) is 15.6. The van der Waals surface area contributed by atoms with Crippen molar-refractivity contribution >= 4 is 29.0 Å². The standard InChI is InChI=1S/C19H38O2.Mg/c1-2-3-4-5-6-7-8-9-10-11-12-13-14-15-16-17-18-19(20)21;/h2-18H2,1H3,(H,20,21);. The summed E-state index contributed by atoms with van der Waals surface area (Å²) in [5, 5.41) is 8.53. The summed E-state index contributed by atoms with van der Waals surface area (Å²) in [5.41, 5.74) is 0. The summed E-state index contributed by atoms with van der Waals surface area (Å²) in [5.74, 6) is -0.652. The highest BCUT2D eigenvalue weighted by Crippen LogP contribution is 2.13. The smallest absolute Gasteiger partial charge is 0.303 e. The lowest BCUT2D eigenvalue weighted by atomic mass is 10.0. The largest absolute Gasteiger partial charge is 0.481 e. The van der Waals surface area contributed by atoms with Crippen LogP contribution in [0.1, 0.15) is 116 Å². The van der Waals surface area contributed by atoms with Gasteiger partial charge < -0.3 is 5.11 Å². The van der Waals surface area contributed by atoms with Crippen LogP contribution in [-0.2, 0) is 4.79 Å². The molecule has 3 heteroatoms. The average Bonchev–Trinajstić information content (AvgIpc) is 2.46. The molecule has 0 fully saturated rings. The molecule has 0 heterocycles. The van der Waals surface area contributed by atoms with Gasteiger partial charge in [-0.1, -0.05) is 103 Å². The van der Waals surface area contributed by atoms with Crippen molar-refractivity contribution in [2.45, 2.75) is 116 Å². The number of carboxylic acid groups (broad SMARTS) is 1. The van der Waals surface area contributed by atoms with Crippen molar-refractivity contribution in [2.24, 2.45) is 0 Å². The lowest BCUT2D eigenvalue weighted by Gasteiger charge is -2.03. The van der Waals surface area contributed by atoms with Crippen LogP contribution in [0, 0.1) is 0 Å². The Morgan fingerprint density at radius 3 is 1.14 bits per heavy atom. The molecule has 0 unspecified atom stereocenters. The molecular formula is C19H38MgO2. The van der Waals surface area contributed by atoms with Crippen LogP contribution >= 0.6 is 0 Å². The van der Waals surface area contributed by atoms with E-state index in [9.17, 15) is 4.79 Å². The van der Waals surface area contributed by atoms with Gasteiger partial charge in [-0.25, -0.2) is 0 Å². The predicted molar refractivity (Wildman–Crippen MR) is 97.6 cm³/mol. The number of hydrogen-bond acceptors (Lipinski definition) is 1. The highest BCUT2D eigenvalue weighted by molar-refractivity contribution is 5.75. The van der Waals surface area contributed by atoms with E-state index >= 15 is 0 Å². The average molecular weight is 323 g/mol. The number of rotatable bonds is 17. The van der Waals surface area contributed by atoms with Crippen molar-refractivity contribution < 1.29 is 9.90 Å². The van der Waals surface area contributed by atoms with Gasteiger partial charge in [-0.05, 0) is 6.42 Å². The van der Waals surface area contributed by atoms with E-state index in [0.717, 1.165) is 12.8 Å². The Balaban J connectivity index is 0. The minimum absolute atomic E-state index is 0. The maximum Gasteiger partial charge on any atom is 0.303 e.